The fraction of sp³-hybridized carbons (Fsp3) is 0.538. The van der Waals surface area contributed by atoms with Gasteiger partial charge in [0, 0.05) is 17.6 Å². The van der Waals surface area contributed by atoms with Gasteiger partial charge in [0.1, 0.15) is 0 Å². The molecule has 0 spiro atoms. The predicted octanol–water partition coefficient (Wildman–Crippen LogP) is 2.77. The van der Waals surface area contributed by atoms with Crippen LogP contribution in [0.15, 0.2) is 24.3 Å². The number of halogens is 1. The summed E-state index contributed by atoms with van der Waals surface area (Å²) < 4.78 is 0. The van der Waals surface area contributed by atoms with Crippen LogP contribution in [0.25, 0.3) is 0 Å². The van der Waals surface area contributed by atoms with E-state index in [1.165, 1.54) is 12.0 Å². The average Bonchev–Trinajstić information content (AvgIpc) is 2.29. The second kappa shape index (κ2) is 6.89. The summed E-state index contributed by atoms with van der Waals surface area (Å²) in [4.78, 5) is 2.36. The van der Waals surface area contributed by atoms with Gasteiger partial charge >= 0.3 is 0 Å². The fourth-order valence-corrected chi connectivity index (χ4v) is 1.73. The third-order valence-corrected chi connectivity index (χ3v) is 3.16. The molecule has 1 N–H and O–H groups in total. The van der Waals surface area contributed by atoms with Gasteiger partial charge in [-0.15, -0.1) is 0 Å². The van der Waals surface area contributed by atoms with Crippen LogP contribution >= 0.6 is 11.6 Å². The quantitative estimate of drug-likeness (QED) is 0.823. The third kappa shape index (κ3) is 4.52. The standard InChI is InChI=1S/C13H21ClN2/c1-11(8-9-15-2)16(3)10-12-4-6-13(14)7-5-12/h4-7,11,15H,8-10H2,1-3H3. The van der Waals surface area contributed by atoms with Gasteiger partial charge in [-0.3, -0.25) is 4.90 Å². The Morgan fingerprint density at radius 3 is 2.50 bits per heavy atom. The summed E-state index contributed by atoms with van der Waals surface area (Å²) >= 11 is 5.86. The first kappa shape index (κ1) is 13.5. The molecule has 0 amide bonds. The number of hydrogen-bond donors (Lipinski definition) is 1. The van der Waals surface area contributed by atoms with Crippen molar-refractivity contribution >= 4 is 11.6 Å². The topological polar surface area (TPSA) is 15.3 Å². The normalized spacial score (nSPS) is 13.1. The lowest BCUT2D eigenvalue weighted by molar-refractivity contribution is 0.237. The molecule has 0 radical (unpaired) electrons. The van der Waals surface area contributed by atoms with Gasteiger partial charge in [-0.05, 0) is 51.7 Å². The molecule has 3 heteroatoms. The summed E-state index contributed by atoms with van der Waals surface area (Å²) in [6, 6.07) is 8.65. The first-order chi connectivity index (χ1) is 7.63. The van der Waals surface area contributed by atoms with Crippen molar-refractivity contribution in [2.75, 3.05) is 20.6 Å². The van der Waals surface area contributed by atoms with Crippen LogP contribution in [0.4, 0.5) is 0 Å². The van der Waals surface area contributed by atoms with Crippen molar-refractivity contribution in [2.45, 2.75) is 25.9 Å². The zero-order valence-electron chi connectivity index (χ0n) is 10.3. The smallest absolute Gasteiger partial charge is 0.0406 e. The van der Waals surface area contributed by atoms with E-state index < -0.39 is 0 Å². The summed E-state index contributed by atoms with van der Waals surface area (Å²) in [5.74, 6) is 0. The molecule has 16 heavy (non-hydrogen) atoms. The molecule has 0 saturated carbocycles. The maximum Gasteiger partial charge on any atom is 0.0406 e. The van der Waals surface area contributed by atoms with E-state index in [4.69, 9.17) is 11.6 Å². The highest BCUT2D eigenvalue weighted by atomic mass is 35.5. The van der Waals surface area contributed by atoms with Crippen molar-refractivity contribution in [3.05, 3.63) is 34.9 Å². The maximum atomic E-state index is 5.86. The molecule has 2 nitrogen and oxygen atoms in total. The Morgan fingerprint density at radius 2 is 1.94 bits per heavy atom. The summed E-state index contributed by atoms with van der Waals surface area (Å²) in [7, 11) is 4.15. The molecule has 90 valence electrons. The lowest BCUT2D eigenvalue weighted by Crippen LogP contribution is -2.31. The van der Waals surface area contributed by atoms with Gasteiger partial charge in [-0.2, -0.15) is 0 Å². The van der Waals surface area contributed by atoms with Crippen molar-refractivity contribution in [1.82, 2.24) is 10.2 Å². The van der Waals surface area contributed by atoms with Crippen LogP contribution in [0, 0.1) is 0 Å². The number of hydrogen-bond acceptors (Lipinski definition) is 2. The molecule has 0 saturated heterocycles. The lowest BCUT2D eigenvalue weighted by Gasteiger charge is -2.24. The number of nitrogens with one attached hydrogen (secondary N) is 1. The molecule has 0 heterocycles. The molecule has 0 fully saturated rings. The first-order valence-electron chi connectivity index (χ1n) is 5.72. The molecule has 1 unspecified atom stereocenters. The summed E-state index contributed by atoms with van der Waals surface area (Å²) in [6.45, 7) is 4.29. The van der Waals surface area contributed by atoms with Crippen molar-refractivity contribution in [3.8, 4) is 0 Å². The van der Waals surface area contributed by atoms with Crippen LogP contribution in [-0.2, 0) is 6.54 Å². The van der Waals surface area contributed by atoms with Gasteiger partial charge in [0.05, 0.1) is 0 Å². The maximum absolute atomic E-state index is 5.86. The molecular formula is C13H21ClN2. The van der Waals surface area contributed by atoms with E-state index in [9.17, 15) is 0 Å². The lowest BCUT2D eigenvalue weighted by atomic mass is 10.1. The van der Waals surface area contributed by atoms with E-state index in [2.05, 4.69) is 36.3 Å². The highest BCUT2D eigenvalue weighted by Gasteiger charge is 2.08. The zero-order valence-corrected chi connectivity index (χ0v) is 11.1. The van der Waals surface area contributed by atoms with Gasteiger partial charge in [-0.25, -0.2) is 0 Å². The average molecular weight is 241 g/mol. The van der Waals surface area contributed by atoms with Crippen LogP contribution in [0.1, 0.15) is 18.9 Å². The third-order valence-electron chi connectivity index (χ3n) is 2.91. The Kier molecular flexibility index (Phi) is 5.81. The molecule has 0 bridgehead atoms. The summed E-state index contributed by atoms with van der Waals surface area (Å²) in [5, 5.41) is 3.98. The Morgan fingerprint density at radius 1 is 1.31 bits per heavy atom. The van der Waals surface area contributed by atoms with Crippen molar-refractivity contribution < 1.29 is 0 Å². The molecule has 1 aromatic carbocycles. The monoisotopic (exact) mass is 240 g/mol. The van der Waals surface area contributed by atoms with E-state index in [1.807, 2.05) is 19.2 Å². The highest BCUT2D eigenvalue weighted by molar-refractivity contribution is 6.30. The second-order valence-electron chi connectivity index (χ2n) is 4.28. The van der Waals surface area contributed by atoms with Crippen molar-refractivity contribution in [3.63, 3.8) is 0 Å². The van der Waals surface area contributed by atoms with Crippen LogP contribution in [0.2, 0.25) is 5.02 Å². The Hall–Kier alpha value is -0.570. The summed E-state index contributed by atoms with van der Waals surface area (Å²) in [5.41, 5.74) is 1.31. The van der Waals surface area contributed by atoms with Crippen LogP contribution in [-0.4, -0.2) is 31.6 Å². The van der Waals surface area contributed by atoms with Gasteiger partial charge in [0.15, 0.2) is 0 Å². The van der Waals surface area contributed by atoms with E-state index >= 15 is 0 Å². The Labute approximate surface area is 104 Å². The summed E-state index contributed by atoms with van der Waals surface area (Å²) in [6.07, 6.45) is 1.17. The molecule has 1 rings (SSSR count). The van der Waals surface area contributed by atoms with Gasteiger partial charge in [-0.1, -0.05) is 23.7 Å². The largest absolute Gasteiger partial charge is 0.320 e. The van der Waals surface area contributed by atoms with Crippen LogP contribution in [0.3, 0.4) is 0 Å². The second-order valence-corrected chi connectivity index (χ2v) is 4.72. The first-order valence-corrected chi connectivity index (χ1v) is 6.10. The molecule has 0 aliphatic heterocycles. The molecule has 1 aromatic rings. The van der Waals surface area contributed by atoms with Crippen LogP contribution in [0.5, 0.6) is 0 Å². The number of benzene rings is 1. The fourth-order valence-electron chi connectivity index (χ4n) is 1.61. The predicted molar refractivity (Wildman–Crippen MR) is 70.9 cm³/mol. The molecule has 1 atom stereocenters. The highest BCUT2D eigenvalue weighted by Crippen LogP contribution is 2.12. The van der Waals surface area contributed by atoms with Gasteiger partial charge in [0.25, 0.3) is 0 Å². The minimum absolute atomic E-state index is 0.586. The van der Waals surface area contributed by atoms with Gasteiger partial charge in [0.2, 0.25) is 0 Å². The minimum atomic E-state index is 0.586. The molecule has 0 aliphatic carbocycles. The van der Waals surface area contributed by atoms with E-state index in [1.54, 1.807) is 0 Å². The molecular weight excluding hydrogens is 220 g/mol. The Bertz CT molecular complexity index is 297. The van der Waals surface area contributed by atoms with Crippen molar-refractivity contribution in [2.24, 2.45) is 0 Å². The van der Waals surface area contributed by atoms with E-state index in [0.717, 1.165) is 18.1 Å². The van der Waals surface area contributed by atoms with Crippen molar-refractivity contribution in [1.29, 1.82) is 0 Å². The number of rotatable bonds is 6. The minimum Gasteiger partial charge on any atom is -0.320 e. The zero-order chi connectivity index (χ0) is 12.0. The number of nitrogens with zero attached hydrogens (tertiary/aromatic N) is 1. The molecule has 0 aliphatic rings. The van der Waals surface area contributed by atoms with Crippen LogP contribution < -0.4 is 5.32 Å². The Balaban J connectivity index is 2.43. The van der Waals surface area contributed by atoms with E-state index in [0.29, 0.717) is 6.04 Å². The van der Waals surface area contributed by atoms with E-state index in [-0.39, 0.29) is 0 Å². The SMILES string of the molecule is CNCCC(C)N(C)Cc1ccc(Cl)cc1. The molecule has 0 aromatic heterocycles. The van der Waals surface area contributed by atoms with Gasteiger partial charge < -0.3 is 5.32 Å².